The number of carbonyl (C=O) groups excluding carboxylic acids is 2. The second kappa shape index (κ2) is 14.7. The van der Waals surface area contributed by atoms with Gasteiger partial charge < -0.3 is 18.3 Å². The monoisotopic (exact) mass is 816 g/mol. The Morgan fingerprint density at radius 2 is 1.14 bits per heavy atom. The number of benzene rings is 2. The smallest absolute Gasteiger partial charge is 0.416 e. The molecule has 4 fully saturated rings. The molecule has 8 unspecified atom stereocenters. The third kappa shape index (κ3) is 7.28. The van der Waals surface area contributed by atoms with Gasteiger partial charge in [0.05, 0.1) is 11.1 Å². The maximum atomic E-state index is 13.7. The number of hydrogen-bond acceptors (Lipinski definition) is 10. The molecule has 312 valence electrons. The van der Waals surface area contributed by atoms with Gasteiger partial charge in [0.15, 0.2) is 34.4 Å². The van der Waals surface area contributed by atoms with E-state index in [0.29, 0.717) is 61.3 Å². The lowest BCUT2D eigenvalue weighted by Crippen LogP contribution is -2.58. The van der Waals surface area contributed by atoms with E-state index >= 15 is 0 Å². The first-order valence-electron chi connectivity index (χ1n) is 20.1. The first kappa shape index (κ1) is 40.3. The molecule has 4 saturated heterocycles. The Balaban J connectivity index is 1.00. The van der Waals surface area contributed by atoms with Gasteiger partial charge in [-0.15, -0.1) is 0 Å². The molecule has 2 aromatic heterocycles. The summed E-state index contributed by atoms with van der Waals surface area (Å²) in [5.41, 5.74) is -3.10. The van der Waals surface area contributed by atoms with Crippen LogP contribution in [-0.2, 0) is 31.4 Å². The highest BCUT2D eigenvalue weighted by atomic mass is 19.4. The van der Waals surface area contributed by atoms with E-state index in [0.717, 1.165) is 62.1 Å². The highest BCUT2D eigenvalue weighted by Gasteiger charge is 2.58. The van der Waals surface area contributed by atoms with E-state index < -0.39 is 46.9 Å². The van der Waals surface area contributed by atoms with E-state index in [1.807, 2.05) is 13.8 Å². The van der Waals surface area contributed by atoms with E-state index in [9.17, 15) is 35.9 Å². The molecule has 8 atom stereocenters. The van der Waals surface area contributed by atoms with Gasteiger partial charge in [-0.1, -0.05) is 13.8 Å². The summed E-state index contributed by atoms with van der Waals surface area (Å²) in [6.07, 6.45) is -1.04. The summed E-state index contributed by atoms with van der Waals surface area (Å²) < 4.78 is 105. The van der Waals surface area contributed by atoms with Crippen molar-refractivity contribution in [2.75, 3.05) is 0 Å². The SMILES string of the molecule is CCC(C)N1C2CCC1(OC(=O)/C=C\C(=O)OC13CCC(CC(c4nc5ccc(C(F)(F)F)cc5o4)C1)N3C(C)CC)CC(c1nc3ccc(C(F)(F)F)cc3o1)C2. The van der Waals surface area contributed by atoms with Gasteiger partial charge in [-0.3, -0.25) is 9.80 Å². The number of aromatic nitrogens is 2. The molecule has 4 bridgehead atoms. The number of halogens is 6. The van der Waals surface area contributed by atoms with E-state index in [-0.39, 0.29) is 47.2 Å². The van der Waals surface area contributed by atoms with Crippen LogP contribution in [0.3, 0.4) is 0 Å². The van der Waals surface area contributed by atoms with Crippen molar-refractivity contribution >= 4 is 34.1 Å². The summed E-state index contributed by atoms with van der Waals surface area (Å²) in [5.74, 6) is -1.57. The minimum Gasteiger partial charge on any atom is -0.440 e. The molecule has 0 spiro atoms. The molecule has 4 aliphatic rings. The third-order valence-corrected chi connectivity index (χ3v) is 12.9. The number of alkyl halides is 6. The lowest BCUT2D eigenvalue weighted by Gasteiger charge is -2.48. The molecule has 16 heteroatoms. The Morgan fingerprint density at radius 1 is 0.741 bits per heavy atom. The van der Waals surface area contributed by atoms with E-state index in [2.05, 4.69) is 33.6 Å². The zero-order valence-corrected chi connectivity index (χ0v) is 32.7. The second-order valence-electron chi connectivity index (χ2n) is 16.5. The maximum Gasteiger partial charge on any atom is 0.416 e. The third-order valence-electron chi connectivity index (χ3n) is 12.9. The Hall–Kier alpha value is -4.44. The van der Waals surface area contributed by atoms with Crippen molar-refractivity contribution in [3.8, 4) is 0 Å². The van der Waals surface area contributed by atoms with E-state index in [1.165, 1.54) is 12.1 Å². The number of fused-ring (bicyclic) bond motifs is 6. The molecule has 8 rings (SSSR count). The standard InChI is InChI=1S/C42H46F6N4O6/c1-5-23(3)51-29-13-15-39(51,21-25(17-29)37-49-31-9-7-27(41(43,44)45)19-33(31)55-37)57-35(53)11-12-36(54)58-40-16-14-30(52(40)24(4)6-2)18-26(22-40)38-50-32-10-8-28(42(46,47)48)20-34(32)56-38/h7-12,19-20,23-26,29-30H,5-6,13-18,21-22H2,1-4H3/b12-11-. The normalized spacial score (nSPS) is 29.1. The molecule has 10 nitrogen and oxygen atoms in total. The molecule has 6 heterocycles. The van der Waals surface area contributed by atoms with E-state index in [1.54, 1.807) is 0 Å². The predicted octanol–water partition coefficient (Wildman–Crippen LogP) is 10.0. The highest BCUT2D eigenvalue weighted by molar-refractivity contribution is 5.92. The molecule has 4 aromatic rings. The van der Waals surface area contributed by atoms with Gasteiger partial charge in [-0.25, -0.2) is 19.6 Å². The van der Waals surface area contributed by atoms with Crippen molar-refractivity contribution in [2.24, 2.45) is 0 Å². The second-order valence-corrected chi connectivity index (χ2v) is 16.5. The molecular weight excluding hydrogens is 770 g/mol. The molecular formula is C42H46F6N4O6. The fraction of sp³-hybridized carbons (Fsp3) is 0.571. The lowest BCUT2D eigenvalue weighted by atomic mass is 9.86. The van der Waals surface area contributed by atoms with Crippen LogP contribution in [0, 0.1) is 0 Å². The largest absolute Gasteiger partial charge is 0.440 e. The Bertz CT molecular complexity index is 2080. The van der Waals surface area contributed by atoms with Crippen LogP contribution in [-0.4, -0.2) is 67.3 Å². The zero-order chi connectivity index (χ0) is 41.4. The highest BCUT2D eigenvalue weighted by Crippen LogP contribution is 2.53. The Kier molecular flexibility index (Phi) is 10.2. The number of rotatable bonds is 10. The van der Waals surface area contributed by atoms with Crippen LogP contribution in [0.1, 0.15) is 127 Å². The maximum absolute atomic E-state index is 13.7. The minimum absolute atomic E-state index is 0.00400. The quantitative estimate of drug-likeness (QED) is 0.0871. The average molecular weight is 817 g/mol. The van der Waals surface area contributed by atoms with Crippen LogP contribution in [0.15, 0.2) is 57.4 Å². The summed E-state index contributed by atoms with van der Waals surface area (Å²) in [7, 11) is 0. The van der Waals surface area contributed by atoms with Crippen LogP contribution in [0.5, 0.6) is 0 Å². The molecule has 4 aliphatic heterocycles. The van der Waals surface area contributed by atoms with Gasteiger partial charge in [-0.2, -0.15) is 26.3 Å². The molecule has 2 aromatic carbocycles. The van der Waals surface area contributed by atoms with Crippen molar-refractivity contribution < 1.29 is 54.2 Å². The van der Waals surface area contributed by atoms with Crippen molar-refractivity contribution in [1.82, 2.24) is 19.8 Å². The molecule has 0 aliphatic carbocycles. The number of piperidine rings is 2. The predicted molar refractivity (Wildman–Crippen MR) is 198 cm³/mol. The zero-order valence-electron chi connectivity index (χ0n) is 32.7. The van der Waals surface area contributed by atoms with Crippen LogP contribution >= 0.6 is 0 Å². The van der Waals surface area contributed by atoms with Crippen LogP contribution in [0.25, 0.3) is 22.2 Å². The molecule has 58 heavy (non-hydrogen) atoms. The number of carbonyl (C=O) groups is 2. The van der Waals surface area contributed by atoms with Gasteiger partial charge >= 0.3 is 24.3 Å². The van der Waals surface area contributed by atoms with Crippen LogP contribution in [0.2, 0.25) is 0 Å². The van der Waals surface area contributed by atoms with Gasteiger partial charge in [-0.05, 0) is 88.8 Å². The fourth-order valence-corrected chi connectivity index (χ4v) is 10.2. The van der Waals surface area contributed by atoms with Crippen molar-refractivity contribution in [3.63, 3.8) is 0 Å². The summed E-state index contributed by atoms with van der Waals surface area (Å²) in [5, 5.41) is 0. The molecule has 0 radical (unpaired) electrons. The fourth-order valence-electron chi connectivity index (χ4n) is 10.2. The summed E-state index contributed by atoms with van der Waals surface area (Å²) in [6, 6.07) is 6.51. The van der Waals surface area contributed by atoms with Gasteiger partial charge in [0.1, 0.15) is 11.0 Å². The molecule has 0 amide bonds. The Labute approximate surface area is 330 Å². The number of nitrogens with zero attached hydrogens (tertiary/aromatic N) is 4. The molecule has 0 N–H and O–H groups in total. The van der Waals surface area contributed by atoms with Gasteiger partial charge in [0.2, 0.25) is 0 Å². The van der Waals surface area contributed by atoms with E-state index in [4.69, 9.17) is 18.3 Å². The number of esters is 2. The van der Waals surface area contributed by atoms with Crippen molar-refractivity contribution in [1.29, 1.82) is 0 Å². The summed E-state index contributed by atoms with van der Waals surface area (Å²) in [4.78, 5) is 40.8. The minimum atomic E-state index is -4.53. The van der Waals surface area contributed by atoms with Crippen molar-refractivity contribution in [2.45, 2.75) is 152 Å². The summed E-state index contributed by atoms with van der Waals surface area (Å²) in [6.45, 7) is 8.20. The van der Waals surface area contributed by atoms with Gasteiger partial charge in [0.25, 0.3) is 0 Å². The number of hydrogen-bond donors (Lipinski definition) is 0. The average Bonchev–Trinajstić information content (AvgIpc) is 3.91. The van der Waals surface area contributed by atoms with Crippen molar-refractivity contribution in [3.05, 3.63) is 71.5 Å². The lowest BCUT2D eigenvalue weighted by molar-refractivity contribution is -0.195. The van der Waals surface area contributed by atoms with Gasteiger partial charge in [0, 0.05) is 73.8 Å². The topological polar surface area (TPSA) is 111 Å². The first-order chi connectivity index (χ1) is 27.4. The van der Waals surface area contributed by atoms with Crippen LogP contribution in [0.4, 0.5) is 26.3 Å². The first-order valence-corrected chi connectivity index (χ1v) is 20.1. The Morgan fingerprint density at radius 3 is 1.50 bits per heavy atom. The van der Waals surface area contributed by atoms with Crippen LogP contribution < -0.4 is 0 Å². The number of oxazole rings is 2. The summed E-state index contributed by atoms with van der Waals surface area (Å²) >= 11 is 0. The molecule has 0 saturated carbocycles. The number of ether oxygens (including phenoxy) is 2.